The van der Waals surface area contributed by atoms with Gasteiger partial charge in [-0.3, -0.25) is 4.79 Å². The highest BCUT2D eigenvalue weighted by Gasteiger charge is 2.19. The third kappa shape index (κ3) is 2.73. The number of carboxylic acids is 1. The van der Waals surface area contributed by atoms with E-state index < -0.39 is 5.97 Å². The number of benzene rings is 2. The quantitative estimate of drug-likeness (QED) is 0.691. The fourth-order valence-electron chi connectivity index (χ4n) is 3.00. The Kier molecular flexibility index (Phi) is 3.70. The summed E-state index contributed by atoms with van der Waals surface area (Å²) in [5.41, 5.74) is 3.09. The average Bonchev–Trinajstić information content (AvgIpc) is 2.74. The number of carbonyl (C=O) groups is 1. The minimum absolute atomic E-state index is 0.0801. The predicted octanol–water partition coefficient (Wildman–Crippen LogP) is 3.04. The third-order valence-corrected chi connectivity index (χ3v) is 4.03. The summed E-state index contributed by atoms with van der Waals surface area (Å²) in [7, 11) is 0. The molecule has 0 unspecified atom stereocenters. The monoisotopic (exact) mass is 311 g/mol. The second kappa shape index (κ2) is 5.68. The first-order chi connectivity index (χ1) is 11.0. The number of hydrogen-bond acceptors (Lipinski definition) is 3. The first-order valence-corrected chi connectivity index (χ1v) is 7.26. The molecular weight excluding hydrogens is 294 g/mol. The number of aromatic nitrogens is 1. The molecule has 3 N–H and O–H groups in total. The summed E-state index contributed by atoms with van der Waals surface area (Å²) in [6, 6.07) is 12.1. The highest BCUT2D eigenvalue weighted by atomic mass is 16.4. The molecule has 23 heavy (non-hydrogen) atoms. The molecule has 3 rings (SSSR count). The van der Waals surface area contributed by atoms with E-state index >= 15 is 0 Å². The van der Waals surface area contributed by atoms with E-state index in [1.54, 1.807) is 30.3 Å². The molecule has 0 saturated heterocycles. The van der Waals surface area contributed by atoms with Gasteiger partial charge in [-0.1, -0.05) is 18.2 Å². The van der Waals surface area contributed by atoms with E-state index in [1.807, 2.05) is 23.6 Å². The summed E-state index contributed by atoms with van der Waals surface area (Å²) in [4.78, 5) is 11.2. The summed E-state index contributed by atoms with van der Waals surface area (Å²) < 4.78 is 1.96. The van der Waals surface area contributed by atoms with Crippen molar-refractivity contribution in [2.75, 3.05) is 0 Å². The molecule has 0 aliphatic rings. The lowest BCUT2D eigenvalue weighted by molar-refractivity contribution is -0.136. The fraction of sp³-hybridized carbons (Fsp3) is 0.167. The number of carboxylic acid groups (broad SMARTS) is 1. The van der Waals surface area contributed by atoms with Crippen LogP contribution in [-0.4, -0.2) is 25.9 Å². The van der Waals surface area contributed by atoms with Gasteiger partial charge in [0, 0.05) is 17.6 Å². The largest absolute Gasteiger partial charge is 0.508 e. The van der Waals surface area contributed by atoms with Gasteiger partial charge in [0.05, 0.1) is 11.9 Å². The summed E-state index contributed by atoms with van der Waals surface area (Å²) in [6.07, 6.45) is -0.146. The molecule has 0 amide bonds. The van der Waals surface area contributed by atoms with Gasteiger partial charge in [0.1, 0.15) is 11.5 Å². The maximum atomic E-state index is 11.2. The standard InChI is InChI=1S/C18H17NO4/c1-11-14(9-17(22)23)18-15(6-3-7-16(18)21)19(11)10-12-4-2-5-13(20)8-12/h2-8,20-21H,9-10H2,1H3,(H,22,23). The second-order valence-electron chi connectivity index (χ2n) is 5.56. The van der Waals surface area contributed by atoms with E-state index in [0.717, 1.165) is 16.8 Å². The maximum Gasteiger partial charge on any atom is 0.307 e. The number of aromatic hydroxyl groups is 2. The lowest BCUT2D eigenvalue weighted by Crippen LogP contribution is -2.05. The Labute approximate surface area is 133 Å². The molecule has 0 bridgehead atoms. The van der Waals surface area contributed by atoms with E-state index in [9.17, 15) is 15.0 Å². The molecule has 1 aromatic heterocycles. The van der Waals surface area contributed by atoms with Crippen LogP contribution in [0.15, 0.2) is 42.5 Å². The highest BCUT2D eigenvalue weighted by molar-refractivity contribution is 5.93. The summed E-state index contributed by atoms with van der Waals surface area (Å²) in [5, 5.41) is 29.5. The van der Waals surface area contributed by atoms with Crippen molar-refractivity contribution in [1.82, 2.24) is 4.57 Å². The molecule has 5 heteroatoms. The van der Waals surface area contributed by atoms with Crippen molar-refractivity contribution < 1.29 is 20.1 Å². The van der Waals surface area contributed by atoms with Crippen molar-refractivity contribution in [2.24, 2.45) is 0 Å². The van der Waals surface area contributed by atoms with Crippen LogP contribution in [0.1, 0.15) is 16.8 Å². The van der Waals surface area contributed by atoms with Gasteiger partial charge in [-0.05, 0) is 42.3 Å². The van der Waals surface area contributed by atoms with Crippen molar-refractivity contribution in [3.8, 4) is 11.5 Å². The van der Waals surface area contributed by atoms with Crippen LogP contribution in [0.4, 0.5) is 0 Å². The van der Waals surface area contributed by atoms with Gasteiger partial charge < -0.3 is 19.9 Å². The molecule has 0 fully saturated rings. The van der Waals surface area contributed by atoms with Crippen molar-refractivity contribution in [1.29, 1.82) is 0 Å². The Balaban J connectivity index is 2.18. The molecule has 0 saturated carbocycles. The molecule has 2 aromatic carbocycles. The minimum atomic E-state index is -0.937. The molecule has 3 aromatic rings. The lowest BCUT2D eigenvalue weighted by atomic mass is 10.1. The predicted molar refractivity (Wildman–Crippen MR) is 86.9 cm³/mol. The number of fused-ring (bicyclic) bond motifs is 1. The lowest BCUT2D eigenvalue weighted by Gasteiger charge is -2.09. The van der Waals surface area contributed by atoms with Crippen LogP contribution in [0.3, 0.4) is 0 Å². The van der Waals surface area contributed by atoms with E-state index in [-0.39, 0.29) is 17.9 Å². The first kappa shape index (κ1) is 15.0. The van der Waals surface area contributed by atoms with Crippen LogP contribution >= 0.6 is 0 Å². The van der Waals surface area contributed by atoms with E-state index in [2.05, 4.69) is 0 Å². The van der Waals surface area contributed by atoms with Gasteiger partial charge in [0.15, 0.2) is 0 Å². The van der Waals surface area contributed by atoms with Crippen molar-refractivity contribution in [3.63, 3.8) is 0 Å². The Bertz CT molecular complexity index is 895. The summed E-state index contributed by atoms with van der Waals surface area (Å²) >= 11 is 0. The normalized spacial score (nSPS) is 11.0. The summed E-state index contributed by atoms with van der Waals surface area (Å²) in [5.74, 6) is -0.672. The molecule has 0 aliphatic heterocycles. The molecule has 0 aliphatic carbocycles. The Morgan fingerprint density at radius 1 is 1.13 bits per heavy atom. The molecule has 118 valence electrons. The molecular formula is C18H17NO4. The number of nitrogens with zero attached hydrogens (tertiary/aromatic N) is 1. The SMILES string of the molecule is Cc1c(CC(=O)O)c2c(O)cccc2n1Cc1cccc(O)c1. The Morgan fingerprint density at radius 3 is 2.57 bits per heavy atom. The van der Waals surface area contributed by atoms with Crippen LogP contribution < -0.4 is 0 Å². The number of rotatable bonds is 4. The average molecular weight is 311 g/mol. The third-order valence-electron chi connectivity index (χ3n) is 4.03. The Hall–Kier alpha value is -2.95. The van der Waals surface area contributed by atoms with Gasteiger partial charge in [-0.15, -0.1) is 0 Å². The van der Waals surface area contributed by atoms with Crippen LogP contribution in [0.2, 0.25) is 0 Å². The number of hydrogen-bond donors (Lipinski definition) is 3. The first-order valence-electron chi connectivity index (χ1n) is 7.26. The van der Waals surface area contributed by atoms with Crippen LogP contribution in [0, 0.1) is 6.92 Å². The van der Waals surface area contributed by atoms with Crippen molar-refractivity contribution in [2.45, 2.75) is 19.9 Å². The van der Waals surface area contributed by atoms with E-state index in [4.69, 9.17) is 5.11 Å². The molecule has 0 radical (unpaired) electrons. The Morgan fingerprint density at radius 2 is 1.87 bits per heavy atom. The molecule has 1 heterocycles. The number of aliphatic carboxylic acids is 1. The van der Waals surface area contributed by atoms with Gasteiger partial charge in [-0.25, -0.2) is 0 Å². The van der Waals surface area contributed by atoms with Gasteiger partial charge in [0.25, 0.3) is 0 Å². The van der Waals surface area contributed by atoms with Gasteiger partial charge >= 0.3 is 5.97 Å². The zero-order chi connectivity index (χ0) is 16.6. The number of phenols is 2. The topological polar surface area (TPSA) is 82.7 Å². The van der Waals surface area contributed by atoms with E-state index in [0.29, 0.717) is 17.5 Å². The zero-order valence-electron chi connectivity index (χ0n) is 12.7. The van der Waals surface area contributed by atoms with Crippen molar-refractivity contribution in [3.05, 3.63) is 59.3 Å². The van der Waals surface area contributed by atoms with E-state index in [1.165, 1.54) is 0 Å². The number of phenolic OH excluding ortho intramolecular Hbond substituents is 2. The smallest absolute Gasteiger partial charge is 0.307 e. The maximum absolute atomic E-state index is 11.2. The van der Waals surface area contributed by atoms with Gasteiger partial charge in [0.2, 0.25) is 0 Å². The fourth-order valence-corrected chi connectivity index (χ4v) is 3.00. The highest BCUT2D eigenvalue weighted by Crippen LogP contribution is 2.33. The molecule has 0 atom stereocenters. The van der Waals surface area contributed by atoms with Gasteiger partial charge in [-0.2, -0.15) is 0 Å². The van der Waals surface area contributed by atoms with Crippen LogP contribution in [0.5, 0.6) is 11.5 Å². The minimum Gasteiger partial charge on any atom is -0.508 e. The van der Waals surface area contributed by atoms with Crippen molar-refractivity contribution >= 4 is 16.9 Å². The van der Waals surface area contributed by atoms with Crippen LogP contribution in [-0.2, 0) is 17.8 Å². The summed E-state index contributed by atoms with van der Waals surface area (Å²) in [6.45, 7) is 2.33. The zero-order valence-corrected chi connectivity index (χ0v) is 12.7. The molecule has 0 spiro atoms. The second-order valence-corrected chi connectivity index (χ2v) is 5.56. The molecule has 5 nitrogen and oxygen atoms in total. The van der Waals surface area contributed by atoms with Crippen LogP contribution in [0.25, 0.3) is 10.9 Å².